The molecule has 1 aliphatic rings. The molecule has 0 unspecified atom stereocenters. The molecule has 3 N–H and O–H groups in total. The van der Waals surface area contributed by atoms with E-state index in [1.54, 1.807) is 0 Å². The number of methoxy groups -OCH3 is 1. The Balaban J connectivity index is 2.10. The van der Waals surface area contributed by atoms with Gasteiger partial charge >= 0.3 is 11.7 Å². The monoisotopic (exact) mass is 480 g/mol. The summed E-state index contributed by atoms with van der Waals surface area (Å²) in [4.78, 5) is 53.8. The molecule has 1 aromatic rings. The fourth-order valence-electron chi connectivity index (χ4n) is 4.43. The number of hydrogen-bond donors (Lipinski definition) is 2. The van der Waals surface area contributed by atoms with E-state index in [-0.39, 0.29) is 36.5 Å². The van der Waals surface area contributed by atoms with Crippen molar-refractivity contribution in [2.75, 3.05) is 37.5 Å². The van der Waals surface area contributed by atoms with E-state index in [1.807, 2.05) is 6.92 Å². The molecular formula is C24H40N4O6. The molecule has 10 nitrogen and oxygen atoms in total. The molecule has 0 atom stereocenters. The van der Waals surface area contributed by atoms with Gasteiger partial charge in [-0.25, -0.2) is 4.79 Å². The van der Waals surface area contributed by atoms with E-state index in [9.17, 15) is 19.2 Å². The van der Waals surface area contributed by atoms with Crippen LogP contribution in [-0.2, 0) is 25.6 Å². The number of aromatic amines is 1. The van der Waals surface area contributed by atoms with Gasteiger partial charge in [-0.1, -0.05) is 39.5 Å². The third-order valence-corrected chi connectivity index (χ3v) is 6.52. The number of esters is 1. The number of amides is 1. The highest BCUT2D eigenvalue weighted by atomic mass is 16.5. The Bertz CT molecular complexity index is 917. The maximum Gasteiger partial charge on any atom is 0.330 e. The van der Waals surface area contributed by atoms with Gasteiger partial charge in [-0.2, -0.15) is 0 Å². The van der Waals surface area contributed by atoms with Crippen LogP contribution in [0.15, 0.2) is 9.59 Å². The van der Waals surface area contributed by atoms with Crippen molar-refractivity contribution in [3.05, 3.63) is 20.8 Å². The summed E-state index contributed by atoms with van der Waals surface area (Å²) in [5.41, 5.74) is 4.63. The standard InChI is InChI=1S/C24H40N4O6/c1-4-6-8-17-9-11-18(12-10-17)23(31)34-16-19(29)27(14-15-33-3)20-21(25)28(13-7-5-2)24(32)26-22(20)30/h17-18H,4-16,25H2,1-3H3,(H,26,30,32). The molecular weight excluding hydrogens is 440 g/mol. The Morgan fingerprint density at radius 3 is 2.41 bits per heavy atom. The topological polar surface area (TPSA) is 137 Å². The van der Waals surface area contributed by atoms with Crippen molar-refractivity contribution in [2.24, 2.45) is 11.8 Å². The van der Waals surface area contributed by atoms with Crippen LogP contribution in [0.1, 0.15) is 71.6 Å². The van der Waals surface area contributed by atoms with Crippen LogP contribution in [0.5, 0.6) is 0 Å². The number of nitrogen functional groups attached to an aromatic ring is 1. The number of ether oxygens (including phenoxy) is 2. The number of anilines is 2. The van der Waals surface area contributed by atoms with Gasteiger partial charge in [-0.05, 0) is 38.0 Å². The largest absolute Gasteiger partial charge is 0.455 e. The van der Waals surface area contributed by atoms with Gasteiger partial charge in [0, 0.05) is 20.2 Å². The summed E-state index contributed by atoms with van der Waals surface area (Å²) in [5, 5.41) is 0. The Hall–Kier alpha value is -2.62. The highest BCUT2D eigenvalue weighted by Gasteiger charge is 2.29. The summed E-state index contributed by atoms with van der Waals surface area (Å²) in [6.07, 6.45) is 8.61. The summed E-state index contributed by atoms with van der Waals surface area (Å²) in [6, 6.07) is 0. The third-order valence-electron chi connectivity index (χ3n) is 6.52. The number of H-pyrrole nitrogens is 1. The van der Waals surface area contributed by atoms with Gasteiger partial charge in [0.25, 0.3) is 11.5 Å². The molecule has 1 fully saturated rings. The first-order chi connectivity index (χ1) is 16.3. The highest BCUT2D eigenvalue weighted by Crippen LogP contribution is 2.32. The molecule has 1 aliphatic carbocycles. The average molecular weight is 481 g/mol. The van der Waals surface area contributed by atoms with Gasteiger partial charge in [0.2, 0.25) is 0 Å². The average Bonchev–Trinajstić information content (AvgIpc) is 2.83. The molecule has 1 amide bonds. The van der Waals surface area contributed by atoms with E-state index < -0.39 is 23.8 Å². The summed E-state index contributed by atoms with van der Waals surface area (Å²) >= 11 is 0. The Morgan fingerprint density at radius 2 is 1.79 bits per heavy atom. The quantitative estimate of drug-likeness (QED) is 0.414. The molecule has 34 heavy (non-hydrogen) atoms. The third kappa shape index (κ3) is 7.44. The lowest BCUT2D eigenvalue weighted by atomic mass is 9.80. The van der Waals surface area contributed by atoms with Crippen LogP contribution in [0.3, 0.4) is 0 Å². The minimum atomic E-state index is -0.767. The minimum Gasteiger partial charge on any atom is -0.455 e. The molecule has 192 valence electrons. The predicted octanol–water partition coefficient (Wildman–Crippen LogP) is 2.44. The second kappa shape index (κ2) is 13.9. The molecule has 0 aliphatic heterocycles. The molecule has 10 heteroatoms. The van der Waals surface area contributed by atoms with Crippen molar-refractivity contribution in [1.82, 2.24) is 9.55 Å². The number of nitrogens with one attached hydrogen (secondary N) is 1. The van der Waals surface area contributed by atoms with E-state index in [1.165, 1.54) is 30.9 Å². The van der Waals surface area contributed by atoms with Crippen LogP contribution in [0.2, 0.25) is 0 Å². The van der Waals surface area contributed by atoms with Crippen LogP contribution in [0.25, 0.3) is 0 Å². The van der Waals surface area contributed by atoms with Crippen molar-refractivity contribution >= 4 is 23.4 Å². The molecule has 1 aromatic heterocycles. The summed E-state index contributed by atoms with van der Waals surface area (Å²) in [6.45, 7) is 4.10. The Morgan fingerprint density at radius 1 is 1.12 bits per heavy atom. The number of aromatic nitrogens is 2. The summed E-state index contributed by atoms with van der Waals surface area (Å²) in [7, 11) is 1.47. The van der Waals surface area contributed by atoms with Crippen molar-refractivity contribution in [1.29, 1.82) is 0 Å². The first kappa shape index (κ1) is 27.6. The van der Waals surface area contributed by atoms with Gasteiger partial charge in [0.1, 0.15) is 5.82 Å². The number of nitrogens with zero attached hydrogens (tertiary/aromatic N) is 2. The van der Waals surface area contributed by atoms with Gasteiger partial charge < -0.3 is 15.2 Å². The first-order valence-corrected chi connectivity index (χ1v) is 12.4. The van der Waals surface area contributed by atoms with E-state index >= 15 is 0 Å². The van der Waals surface area contributed by atoms with E-state index in [0.29, 0.717) is 18.9 Å². The Kier molecular flexibility index (Phi) is 11.3. The lowest BCUT2D eigenvalue weighted by Gasteiger charge is -2.28. The van der Waals surface area contributed by atoms with Gasteiger partial charge in [0.15, 0.2) is 12.3 Å². The highest BCUT2D eigenvalue weighted by molar-refractivity contribution is 5.97. The van der Waals surface area contributed by atoms with Crippen molar-refractivity contribution < 1.29 is 19.1 Å². The van der Waals surface area contributed by atoms with Crippen molar-refractivity contribution in [3.63, 3.8) is 0 Å². The molecule has 1 heterocycles. The zero-order valence-corrected chi connectivity index (χ0v) is 20.8. The van der Waals surface area contributed by atoms with Gasteiger partial charge in [-0.3, -0.25) is 28.8 Å². The molecule has 0 radical (unpaired) electrons. The fourth-order valence-corrected chi connectivity index (χ4v) is 4.43. The maximum atomic E-state index is 13.0. The molecule has 1 saturated carbocycles. The van der Waals surface area contributed by atoms with Crippen LogP contribution < -0.4 is 21.9 Å². The Labute approximate surface area is 200 Å². The molecule has 0 bridgehead atoms. The fraction of sp³-hybridized carbons (Fsp3) is 0.750. The number of hydrogen-bond acceptors (Lipinski definition) is 7. The van der Waals surface area contributed by atoms with Crippen LogP contribution in [0.4, 0.5) is 11.5 Å². The lowest BCUT2D eigenvalue weighted by molar-refractivity contribution is -0.153. The van der Waals surface area contributed by atoms with Crippen LogP contribution >= 0.6 is 0 Å². The molecule has 2 rings (SSSR count). The second-order valence-corrected chi connectivity index (χ2v) is 9.00. The van der Waals surface area contributed by atoms with Crippen LogP contribution in [0, 0.1) is 11.8 Å². The predicted molar refractivity (Wildman–Crippen MR) is 131 cm³/mol. The number of nitrogens with two attached hydrogens (primary N) is 1. The zero-order chi connectivity index (χ0) is 25.1. The first-order valence-electron chi connectivity index (χ1n) is 12.4. The SMILES string of the molecule is CCCCC1CCC(C(=O)OCC(=O)N(CCOC)c2c(N)n(CCCC)c(=O)[nH]c2=O)CC1. The minimum absolute atomic E-state index is 0.0225. The van der Waals surface area contributed by atoms with Crippen molar-refractivity contribution in [3.8, 4) is 0 Å². The molecule has 0 aromatic carbocycles. The van der Waals surface area contributed by atoms with E-state index in [2.05, 4.69) is 11.9 Å². The molecule has 0 saturated heterocycles. The zero-order valence-electron chi connectivity index (χ0n) is 20.8. The van der Waals surface area contributed by atoms with Gasteiger partial charge in [-0.15, -0.1) is 0 Å². The normalized spacial score (nSPS) is 18.0. The van der Waals surface area contributed by atoms with E-state index in [0.717, 1.165) is 37.0 Å². The maximum absolute atomic E-state index is 13.0. The summed E-state index contributed by atoms with van der Waals surface area (Å²) in [5.74, 6) is -0.622. The van der Waals surface area contributed by atoms with Gasteiger partial charge in [0.05, 0.1) is 12.5 Å². The number of carbonyl (C=O) groups is 2. The number of unbranched alkanes of at least 4 members (excludes halogenated alkanes) is 2. The number of rotatable bonds is 13. The number of carbonyl (C=O) groups excluding carboxylic acids is 2. The van der Waals surface area contributed by atoms with E-state index in [4.69, 9.17) is 15.2 Å². The summed E-state index contributed by atoms with van der Waals surface area (Å²) < 4.78 is 11.7. The van der Waals surface area contributed by atoms with Crippen molar-refractivity contribution in [2.45, 2.75) is 78.2 Å². The lowest BCUT2D eigenvalue weighted by Crippen LogP contribution is -2.44. The van der Waals surface area contributed by atoms with Crippen LogP contribution in [-0.4, -0.2) is 48.3 Å². The second-order valence-electron chi connectivity index (χ2n) is 9.00. The molecule has 0 spiro atoms. The smallest absolute Gasteiger partial charge is 0.330 e.